The van der Waals surface area contributed by atoms with Crippen molar-refractivity contribution >= 4 is 39.5 Å². The molecule has 0 spiro atoms. The zero-order chi connectivity index (χ0) is 73.5. The molecule has 19 heteroatoms. The molecule has 3 N–H and O–H groups in total. The molecular weight excluding hydrogens is 1310 g/mol. The molecule has 0 aromatic rings. The number of rotatable bonds is 80. The number of carbonyl (C=O) groups is 4. The fraction of sp³-hybridized carbons (Fsp3) is 0.951. The van der Waals surface area contributed by atoms with Gasteiger partial charge in [0.15, 0.2) is 12.2 Å². The van der Waals surface area contributed by atoms with Crippen LogP contribution in [0.3, 0.4) is 0 Å². The predicted octanol–water partition coefficient (Wildman–Crippen LogP) is 24.3. The molecule has 3 unspecified atom stereocenters. The van der Waals surface area contributed by atoms with E-state index in [0.717, 1.165) is 102 Å². The number of carbonyl (C=O) groups excluding carboxylic acids is 4. The van der Waals surface area contributed by atoms with Crippen LogP contribution in [0.4, 0.5) is 0 Å². The third-order valence-electron chi connectivity index (χ3n) is 19.3. The van der Waals surface area contributed by atoms with Crippen LogP contribution >= 0.6 is 15.6 Å². The Morgan fingerprint density at radius 3 is 0.760 bits per heavy atom. The van der Waals surface area contributed by atoms with Crippen molar-refractivity contribution in [2.24, 2.45) is 11.8 Å². The molecule has 0 rings (SSSR count). The van der Waals surface area contributed by atoms with Crippen molar-refractivity contribution in [1.82, 2.24) is 0 Å². The van der Waals surface area contributed by atoms with E-state index >= 15 is 0 Å². The average molecular weight is 1470 g/mol. The molecule has 594 valence electrons. The van der Waals surface area contributed by atoms with Crippen LogP contribution in [0.25, 0.3) is 0 Å². The van der Waals surface area contributed by atoms with E-state index in [2.05, 4.69) is 41.5 Å². The van der Waals surface area contributed by atoms with Gasteiger partial charge in [-0.15, -0.1) is 0 Å². The monoisotopic (exact) mass is 1470 g/mol. The summed E-state index contributed by atoms with van der Waals surface area (Å²) in [4.78, 5) is 73.1. The van der Waals surface area contributed by atoms with Gasteiger partial charge in [0.2, 0.25) is 0 Å². The lowest BCUT2D eigenvalue weighted by atomic mass is 9.99. The number of phosphoric acid groups is 2. The number of esters is 4. The molecule has 0 heterocycles. The van der Waals surface area contributed by atoms with E-state index in [1.807, 2.05) is 0 Å². The fourth-order valence-electron chi connectivity index (χ4n) is 12.5. The van der Waals surface area contributed by atoms with Crippen LogP contribution in [0.15, 0.2) is 0 Å². The van der Waals surface area contributed by atoms with E-state index in [4.69, 9.17) is 37.0 Å². The number of hydrogen-bond donors (Lipinski definition) is 3. The lowest BCUT2D eigenvalue weighted by molar-refractivity contribution is -0.161. The maximum atomic E-state index is 13.1. The second-order valence-electron chi connectivity index (χ2n) is 29.9. The Morgan fingerprint density at radius 2 is 0.510 bits per heavy atom. The number of hydrogen-bond acceptors (Lipinski definition) is 15. The van der Waals surface area contributed by atoms with Crippen LogP contribution in [0, 0.1) is 11.8 Å². The smallest absolute Gasteiger partial charge is 0.462 e. The van der Waals surface area contributed by atoms with E-state index in [-0.39, 0.29) is 25.7 Å². The predicted molar refractivity (Wildman–Crippen MR) is 409 cm³/mol. The SMILES string of the molecule is CCCCCCCCCCCCCCCCCCCCCC(=O)O[C@H](COC(=O)CCCCCCCCCCCCCCCCCC)COP(=O)(O)OC[C@@H](O)COP(=O)(O)OC[C@@H](COC(=O)CCCCCCCCCCC(C)CC)OC(=O)CCCCCCCCCCCCC(C)C. The van der Waals surface area contributed by atoms with E-state index in [1.54, 1.807) is 0 Å². The fourth-order valence-corrected chi connectivity index (χ4v) is 14.1. The summed E-state index contributed by atoms with van der Waals surface area (Å²) in [5, 5.41) is 10.6. The van der Waals surface area contributed by atoms with Crippen molar-refractivity contribution in [2.45, 2.75) is 445 Å². The second kappa shape index (κ2) is 72.6. The molecule has 0 aromatic heterocycles. The highest BCUT2D eigenvalue weighted by Crippen LogP contribution is 2.45. The maximum absolute atomic E-state index is 13.1. The highest BCUT2D eigenvalue weighted by molar-refractivity contribution is 7.47. The second-order valence-corrected chi connectivity index (χ2v) is 32.8. The Labute approximate surface area is 613 Å². The van der Waals surface area contributed by atoms with E-state index in [0.29, 0.717) is 25.7 Å². The van der Waals surface area contributed by atoms with Crippen LogP contribution in [-0.2, 0) is 65.4 Å². The van der Waals surface area contributed by atoms with Crippen LogP contribution < -0.4 is 0 Å². The van der Waals surface area contributed by atoms with E-state index in [9.17, 15) is 43.2 Å². The summed E-state index contributed by atoms with van der Waals surface area (Å²) in [5.41, 5.74) is 0. The van der Waals surface area contributed by atoms with Gasteiger partial charge >= 0.3 is 39.5 Å². The molecule has 100 heavy (non-hydrogen) atoms. The standard InChI is InChI=1S/C81H158O17P2/c1-7-10-12-14-16-18-20-22-24-26-27-28-30-32-34-39-47-53-59-65-80(85)97-76(69-91-78(83)63-57-51-45-38-33-31-29-25-23-21-19-17-15-13-11-8-2)71-95-99(87,88)93-67-75(82)68-94-100(89,90)96-72-77(70-92-79(84)64-58-52-46-42-41-44-50-56-62-74(6)9-3)98-81(86)66-60-54-48-40-36-35-37-43-49-55-61-73(4)5/h73-77,82H,7-72H2,1-6H3,(H,87,88)(H,89,90)/t74?,75-,76-,77-/m1/s1. The zero-order valence-electron chi connectivity index (χ0n) is 65.5. The van der Waals surface area contributed by atoms with Crippen molar-refractivity contribution in [3.05, 3.63) is 0 Å². The highest BCUT2D eigenvalue weighted by Gasteiger charge is 2.30. The zero-order valence-corrected chi connectivity index (χ0v) is 67.3. The first-order valence-electron chi connectivity index (χ1n) is 42.0. The highest BCUT2D eigenvalue weighted by atomic mass is 31.2. The summed E-state index contributed by atoms with van der Waals surface area (Å²) in [7, 11) is -9.92. The van der Waals surface area contributed by atoms with Gasteiger partial charge in [0.25, 0.3) is 0 Å². The summed E-state index contributed by atoms with van der Waals surface area (Å²) < 4.78 is 68.7. The normalized spacial score (nSPS) is 14.2. The van der Waals surface area contributed by atoms with E-state index < -0.39 is 97.5 Å². The summed E-state index contributed by atoms with van der Waals surface area (Å²) >= 11 is 0. The van der Waals surface area contributed by atoms with Crippen LogP contribution in [0.5, 0.6) is 0 Å². The van der Waals surface area contributed by atoms with Crippen LogP contribution in [0.2, 0.25) is 0 Å². The molecule has 0 aliphatic carbocycles. The van der Waals surface area contributed by atoms with Crippen molar-refractivity contribution in [1.29, 1.82) is 0 Å². The van der Waals surface area contributed by atoms with Gasteiger partial charge in [0.1, 0.15) is 19.3 Å². The van der Waals surface area contributed by atoms with Gasteiger partial charge in [-0.05, 0) is 37.5 Å². The molecule has 0 fully saturated rings. The van der Waals surface area contributed by atoms with Crippen LogP contribution in [-0.4, -0.2) is 96.7 Å². The van der Waals surface area contributed by atoms with Gasteiger partial charge in [-0.1, -0.05) is 375 Å². The third-order valence-corrected chi connectivity index (χ3v) is 21.2. The summed E-state index contributed by atoms with van der Waals surface area (Å²) in [6.45, 7) is 9.63. The Balaban J connectivity index is 5.26. The number of aliphatic hydroxyl groups excluding tert-OH is 1. The largest absolute Gasteiger partial charge is 0.472 e. The molecule has 0 saturated heterocycles. The minimum absolute atomic E-state index is 0.106. The molecule has 0 amide bonds. The molecule has 0 saturated carbocycles. The Bertz CT molecular complexity index is 1930. The minimum atomic E-state index is -4.96. The molecule has 0 aromatic carbocycles. The molecule has 0 bridgehead atoms. The Morgan fingerprint density at radius 1 is 0.290 bits per heavy atom. The first kappa shape index (κ1) is 98.1. The molecule has 0 aliphatic heterocycles. The topological polar surface area (TPSA) is 237 Å². The average Bonchev–Trinajstić information content (AvgIpc) is 0.926. The summed E-state index contributed by atoms with van der Waals surface area (Å²) in [6.07, 6.45) is 62.4. The molecule has 0 aliphatic rings. The van der Waals surface area contributed by atoms with Gasteiger partial charge in [0.05, 0.1) is 26.4 Å². The first-order valence-corrected chi connectivity index (χ1v) is 45.0. The molecule has 0 radical (unpaired) electrons. The summed E-state index contributed by atoms with van der Waals surface area (Å²) in [5.74, 6) is -0.579. The maximum Gasteiger partial charge on any atom is 0.472 e. The minimum Gasteiger partial charge on any atom is -0.462 e. The van der Waals surface area contributed by atoms with Crippen molar-refractivity contribution in [3.63, 3.8) is 0 Å². The van der Waals surface area contributed by atoms with Gasteiger partial charge < -0.3 is 33.8 Å². The van der Waals surface area contributed by atoms with Crippen molar-refractivity contribution in [3.8, 4) is 0 Å². The van der Waals surface area contributed by atoms with Gasteiger partial charge in [-0.3, -0.25) is 37.3 Å². The van der Waals surface area contributed by atoms with Crippen molar-refractivity contribution < 1.29 is 80.2 Å². The Kier molecular flexibility index (Phi) is 71.2. The number of unbranched alkanes of at least 4 members (excludes halogenated alkanes) is 49. The van der Waals surface area contributed by atoms with Gasteiger partial charge in [-0.2, -0.15) is 0 Å². The molecule has 6 atom stereocenters. The molecular formula is C81H158O17P2. The molecule has 17 nitrogen and oxygen atoms in total. The lowest BCUT2D eigenvalue weighted by Gasteiger charge is -2.21. The number of phosphoric ester groups is 2. The first-order chi connectivity index (χ1) is 48.4. The van der Waals surface area contributed by atoms with Crippen molar-refractivity contribution in [2.75, 3.05) is 39.6 Å². The van der Waals surface area contributed by atoms with Gasteiger partial charge in [0, 0.05) is 25.7 Å². The number of ether oxygens (including phenoxy) is 4. The third kappa shape index (κ3) is 73.0. The lowest BCUT2D eigenvalue weighted by Crippen LogP contribution is -2.30. The number of aliphatic hydroxyl groups is 1. The Hall–Kier alpha value is -1.94. The van der Waals surface area contributed by atoms with E-state index in [1.165, 1.54) is 244 Å². The van der Waals surface area contributed by atoms with Crippen LogP contribution in [0.1, 0.15) is 427 Å². The summed E-state index contributed by atoms with van der Waals surface area (Å²) in [6, 6.07) is 0. The van der Waals surface area contributed by atoms with Gasteiger partial charge in [-0.25, -0.2) is 9.13 Å². The quantitative estimate of drug-likeness (QED) is 0.0222.